The third-order valence-electron chi connectivity index (χ3n) is 4.21. The summed E-state index contributed by atoms with van der Waals surface area (Å²) in [7, 11) is 0. The molecule has 1 heterocycles. The minimum Gasteiger partial charge on any atom is -0.441 e. The summed E-state index contributed by atoms with van der Waals surface area (Å²) in [6, 6.07) is 0. The zero-order valence-corrected chi connectivity index (χ0v) is 16.7. The minimum atomic E-state index is 0.303. The molecule has 0 spiro atoms. The molecule has 0 aromatic carbocycles. The number of allylic oxidation sites excluding steroid dienone is 6. The van der Waals surface area contributed by atoms with Crippen molar-refractivity contribution in [2.75, 3.05) is 5.73 Å². The lowest BCUT2D eigenvalue weighted by Crippen LogP contribution is -2.22. The van der Waals surface area contributed by atoms with Crippen LogP contribution in [0.5, 0.6) is 0 Å². The molecule has 1 rings (SSSR count). The van der Waals surface area contributed by atoms with Crippen molar-refractivity contribution >= 4 is 30.8 Å². The van der Waals surface area contributed by atoms with Gasteiger partial charge in [-0.25, -0.2) is 0 Å². The van der Waals surface area contributed by atoms with E-state index in [1.54, 1.807) is 6.20 Å². The highest BCUT2D eigenvalue weighted by Crippen LogP contribution is 2.18. The highest BCUT2D eigenvalue weighted by molar-refractivity contribution is 5.62. The average molecular weight is 353 g/mol. The molecule has 1 unspecified atom stereocenters. The fourth-order valence-electron chi connectivity index (χ4n) is 2.56. The normalized spacial score (nSPS) is 16.0. The van der Waals surface area contributed by atoms with Crippen LogP contribution in [0.3, 0.4) is 0 Å². The number of hydrogen-bond donors (Lipinski definition) is 1. The molecule has 3 nitrogen and oxygen atoms in total. The molecule has 2 N–H and O–H groups in total. The van der Waals surface area contributed by atoms with Gasteiger partial charge in [0.15, 0.2) is 5.88 Å². The average Bonchev–Trinajstić information content (AvgIpc) is 2.93. The van der Waals surface area contributed by atoms with Gasteiger partial charge in [-0.3, -0.25) is 4.99 Å². The molecule has 1 atom stereocenters. The van der Waals surface area contributed by atoms with E-state index in [0.29, 0.717) is 17.7 Å². The third kappa shape index (κ3) is 6.40. The number of nitrogen functional groups attached to an aromatic ring is 1. The molecule has 0 saturated carbocycles. The molecule has 26 heavy (non-hydrogen) atoms. The molecule has 140 valence electrons. The third-order valence-corrected chi connectivity index (χ3v) is 4.21. The molecule has 3 heteroatoms. The number of furan rings is 1. The first-order valence-corrected chi connectivity index (χ1v) is 9.09. The van der Waals surface area contributed by atoms with E-state index in [9.17, 15) is 0 Å². The molecule has 1 aromatic rings. The van der Waals surface area contributed by atoms with Crippen LogP contribution in [0.1, 0.15) is 46.6 Å². The van der Waals surface area contributed by atoms with E-state index in [-0.39, 0.29) is 0 Å². The maximum atomic E-state index is 6.10. The SMILES string of the molecule is C=N/C=C\C=C/C(C/C=c1/c(/C=C\C(C)C)c(N)o/c1=C\C)C(C)=CC. The zero-order chi connectivity index (χ0) is 19.5. The molecule has 1 aromatic heterocycles. The second kappa shape index (κ2) is 11.1. The monoisotopic (exact) mass is 352 g/mol. The molecule has 0 saturated heterocycles. The molecule has 0 fully saturated rings. The highest BCUT2D eigenvalue weighted by Gasteiger charge is 2.08. The number of nitrogens with zero attached hydrogens (tertiary/aromatic N) is 1. The molecule has 0 aliphatic heterocycles. The molecule has 0 amide bonds. The second-order valence-corrected chi connectivity index (χ2v) is 6.54. The molecule has 0 radical (unpaired) electrons. The van der Waals surface area contributed by atoms with Crippen LogP contribution in [0.15, 0.2) is 51.6 Å². The van der Waals surface area contributed by atoms with Crippen LogP contribution in [0.2, 0.25) is 0 Å². The number of aliphatic imine (C=N–C) groups is 1. The van der Waals surface area contributed by atoms with Gasteiger partial charge in [0.1, 0.15) is 5.42 Å². The van der Waals surface area contributed by atoms with Crippen LogP contribution < -0.4 is 16.4 Å². The molecule has 0 aliphatic rings. The molecule has 0 aliphatic carbocycles. The van der Waals surface area contributed by atoms with Crippen molar-refractivity contribution < 1.29 is 4.42 Å². The summed E-state index contributed by atoms with van der Waals surface area (Å²) in [4.78, 5) is 3.72. The van der Waals surface area contributed by atoms with Crippen LogP contribution >= 0.6 is 0 Å². The van der Waals surface area contributed by atoms with E-state index >= 15 is 0 Å². The quantitative estimate of drug-likeness (QED) is 0.413. The van der Waals surface area contributed by atoms with Crippen molar-refractivity contribution in [1.29, 1.82) is 0 Å². The summed E-state index contributed by atoms with van der Waals surface area (Å²) in [5.74, 6) is 1.23. The number of hydrogen-bond acceptors (Lipinski definition) is 3. The van der Waals surface area contributed by atoms with E-state index in [0.717, 1.165) is 22.6 Å². The van der Waals surface area contributed by atoms with Crippen molar-refractivity contribution in [3.63, 3.8) is 0 Å². The van der Waals surface area contributed by atoms with E-state index in [1.807, 2.05) is 25.2 Å². The van der Waals surface area contributed by atoms with Crippen molar-refractivity contribution in [3.8, 4) is 0 Å². The smallest absolute Gasteiger partial charge is 0.198 e. The van der Waals surface area contributed by atoms with Crippen LogP contribution in [-0.2, 0) is 0 Å². The summed E-state index contributed by atoms with van der Waals surface area (Å²) < 4.78 is 5.74. The van der Waals surface area contributed by atoms with Gasteiger partial charge in [-0.2, -0.15) is 0 Å². The lowest BCUT2D eigenvalue weighted by atomic mass is 9.95. The summed E-state index contributed by atoms with van der Waals surface area (Å²) >= 11 is 0. The Morgan fingerprint density at radius 2 is 1.96 bits per heavy atom. The fourth-order valence-corrected chi connectivity index (χ4v) is 2.56. The predicted molar refractivity (Wildman–Crippen MR) is 116 cm³/mol. The van der Waals surface area contributed by atoms with Crippen LogP contribution in [-0.4, -0.2) is 6.72 Å². The summed E-state index contributed by atoms with van der Waals surface area (Å²) in [6.45, 7) is 13.9. The molecular formula is C23H32N2O. The Labute approximate surface area is 157 Å². The Balaban J connectivity index is 3.30. The summed E-state index contributed by atoms with van der Waals surface area (Å²) in [5.41, 5.74) is 9.20. The molecule has 0 bridgehead atoms. The van der Waals surface area contributed by atoms with Gasteiger partial charge in [0.2, 0.25) is 0 Å². The van der Waals surface area contributed by atoms with E-state index in [4.69, 9.17) is 10.2 Å². The van der Waals surface area contributed by atoms with Crippen LogP contribution in [0.4, 0.5) is 5.88 Å². The van der Waals surface area contributed by atoms with E-state index < -0.39 is 0 Å². The largest absolute Gasteiger partial charge is 0.441 e. The Morgan fingerprint density at radius 3 is 2.54 bits per heavy atom. The topological polar surface area (TPSA) is 51.5 Å². The van der Waals surface area contributed by atoms with Gasteiger partial charge in [0.05, 0.1) is 0 Å². The Hall–Kier alpha value is -2.55. The molecular weight excluding hydrogens is 320 g/mol. The van der Waals surface area contributed by atoms with E-state index in [2.05, 4.69) is 69.8 Å². The number of anilines is 1. The highest BCUT2D eigenvalue weighted by atomic mass is 16.3. The van der Waals surface area contributed by atoms with Crippen molar-refractivity contribution in [1.82, 2.24) is 0 Å². The first-order chi connectivity index (χ1) is 12.4. The standard InChI is InChI=1S/C23H32N2O/c1-7-18(5)19(11-9-10-16-25-6)13-15-20-21(14-12-17(3)4)23(24)26-22(20)8-2/h7-12,14-17,19H,6,13,24H2,1-5H3/b11-9-,14-12-,16-10-,18-7?,20-15-,22-8-. The Bertz CT molecular complexity index is 817. The number of rotatable bonds is 8. The van der Waals surface area contributed by atoms with Crippen molar-refractivity contribution in [3.05, 3.63) is 58.4 Å². The Kier molecular flexibility index (Phi) is 9.21. The van der Waals surface area contributed by atoms with Gasteiger partial charge < -0.3 is 10.2 Å². The van der Waals surface area contributed by atoms with Crippen LogP contribution in [0.25, 0.3) is 18.2 Å². The van der Waals surface area contributed by atoms with Crippen molar-refractivity contribution in [2.24, 2.45) is 16.8 Å². The fraction of sp³-hybridized carbons (Fsp3) is 0.348. The first kappa shape index (κ1) is 21.5. The van der Waals surface area contributed by atoms with Gasteiger partial charge in [-0.1, -0.05) is 55.9 Å². The summed E-state index contributed by atoms with van der Waals surface area (Å²) in [5, 5.41) is 1.06. The lowest BCUT2D eigenvalue weighted by Gasteiger charge is -2.10. The first-order valence-electron chi connectivity index (χ1n) is 9.09. The van der Waals surface area contributed by atoms with E-state index in [1.165, 1.54) is 5.57 Å². The van der Waals surface area contributed by atoms with Gasteiger partial charge in [0.25, 0.3) is 0 Å². The zero-order valence-electron chi connectivity index (χ0n) is 16.7. The van der Waals surface area contributed by atoms with Gasteiger partial charge in [-0.15, -0.1) is 0 Å². The van der Waals surface area contributed by atoms with Crippen LogP contribution in [0, 0.1) is 11.8 Å². The second-order valence-electron chi connectivity index (χ2n) is 6.54. The van der Waals surface area contributed by atoms with Gasteiger partial charge >= 0.3 is 0 Å². The summed E-state index contributed by atoms with van der Waals surface area (Å²) in [6.07, 6.45) is 19.1. The van der Waals surface area contributed by atoms with Crippen molar-refractivity contribution in [2.45, 2.75) is 41.0 Å². The maximum Gasteiger partial charge on any atom is 0.198 e. The number of nitrogens with two attached hydrogens (primary N) is 1. The van der Waals surface area contributed by atoms with Gasteiger partial charge in [0, 0.05) is 22.9 Å². The lowest BCUT2D eigenvalue weighted by molar-refractivity contribution is 0.549. The van der Waals surface area contributed by atoms with Gasteiger partial charge in [-0.05, 0) is 52.0 Å². The predicted octanol–water partition coefficient (Wildman–Crippen LogP) is 4.85. The Morgan fingerprint density at radius 1 is 1.23 bits per heavy atom. The minimum absolute atomic E-state index is 0.303. The maximum absolute atomic E-state index is 6.10.